The molecule has 132 valence electrons. The molecule has 1 N–H and O–H groups in total. The van der Waals surface area contributed by atoms with Gasteiger partial charge in [-0.2, -0.15) is 0 Å². The number of ether oxygens (including phenoxy) is 2. The van der Waals surface area contributed by atoms with Crippen molar-refractivity contribution in [3.05, 3.63) is 45.1 Å². The molecule has 25 heavy (non-hydrogen) atoms. The minimum Gasteiger partial charge on any atom is -0.486 e. The third-order valence-electron chi connectivity index (χ3n) is 4.85. The molecule has 0 unspecified atom stereocenters. The molecule has 0 fully saturated rings. The van der Waals surface area contributed by atoms with E-state index in [1.54, 1.807) is 11.3 Å². The third kappa shape index (κ3) is 3.25. The summed E-state index contributed by atoms with van der Waals surface area (Å²) < 4.78 is 11.3. The van der Waals surface area contributed by atoms with Gasteiger partial charge in [-0.15, -0.1) is 11.3 Å². The van der Waals surface area contributed by atoms with Crippen molar-refractivity contribution in [1.29, 1.82) is 0 Å². The van der Waals surface area contributed by atoms with Crippen molar-refractivity contribution in [3.8, 4) is 11.5 Å². The zero-order valence-electron chi connectivity index (χ0n) is 14.6. The van der Waals surface area contributed by atoms with Crippen molar-refractivity contribution >= 4 is 17.2 Å². The van der Waals surface area contributed by atoms with Gasteiger partial charge in [-0.05, 0) is 54.5 Å². The lowest BCUT2D eigenvalue weighted by Crippen LogP contribution is -2.31. The van der Waals surface area contributed by atoms with E-state index in [0.29, 0.717) is 13.2 Å². The molecule has 2 heterocycles. The molecule has 1 aromatic heterocycles. The van der Waals surface area contributed by atoms with E-state index in [4.69, 9.17) is 9.47 Å². The van der Waals surface area contributed by atoms with Crippen LogP contribution >= 0.6 is 11.3 Å². The first-order valence-corrected chi connectivity index (χ1v) is 9.75. The third-order valence-corrected chi connectivity index (χ3v) is 6.08. The molecule has 1 amide bonds. The SMILES string of the molecule is CC(C)[C@H](NC(=O)c1cc2c(s1)CCC2)c1ccc2c(c1)OCCO2. The second kappa shape index (κ2) is 6.71. The first-order chi connectivity index (χ1) is 12.1. The quantitative estimate of drug-likeness (QED) is 0.895. The predicted molar refractivity (Wildman–Crippen MR) is 98.8 cm³/mol. The molecule has 0 radical (unpaired) electrons. The molecule has 4 rings (SSSR count). The van der Waals surface area contributed by atoms with Crippen molar-refractivity contribution < 1.29 is 14.3 Å². The molecule has 2 aliphatic rings. The fourth-order valence-corrected chi connectivity index (χ4v) is 4.70. The summed E-state index contributed by atoms with van der Waals surface area (Å²) in [6, 6.07) is 7.97. The Bertz CT molecular complexity index is 775. The van der Waals surface area contributed by atoms with E-state index >= 15 is 0 Å². The van der Waals surface area contributed by atoms with Crippen molar-refractivity contribution in [2.75, 3.05) is 13.2 Å². The van der Waals surface area contributed by atoms with Gasteiger partial charge in [0.15, 0.2) is 11.5 Å². The zero-order chi connectivity index (χ0) is 17.4. The van der Waals surface area contributed by atoms with E-state index in [1.165, 1.54) is 16.9 Å². The number of hydrogen-bond acceptors (Lipinski definition) is 4. The van der Waals surface area contributed by atoms with E-state index in [9.17, 15) is 4.79 Å². The van der Waals surface area contributed by atoms with Gasteiger partial charge in [0.2, 0.25) is 0 Å². The van der Waals surface area contributed by atoms with Crippen molar-refractivity contribution in [3.63, 3.8) is 0 Å². The van der Waals surface area contributed by atoms with Crippen LogP contribution in [0.2, 0.25) is 0 Å². The lowest BCUT2D eigenvalue weighted by molar-refractivity contribution is 0.0929. The molecule has 1 atom stereocenters. The normalized spacial score (nSPS) is 16.6. The smallest absolute Gasteiger partial charge is 0.261 e. The Hall–Kier alpha value is -2.01. The molecule has 0 bridgehead atoms. The second-order valence-electron chi connectivity index (χ2n) is 7.01. The van der Waals surface area contributed by atoms with Crippen LogP contribution in [0.15, 0.2) is 24.3 Å². The summed E-state index contributed by atoms with van der Waals surface area (Å²) in [5, 5.41) is 3.22. The van der Waals surface area contributed by atoms with Crippen LogP contribution in [0.4, 0.5) is 0 Å². The molecule has 2 aromatic rings. The van der Waals surface area contributed by atoms with Gasteiger partial charge in [-0.1, -0.05) is 19.9 Å². The van der Waals surface area contributed by atoms with Crippen molar-refractivity contribution in [2.45, 2.75) is 39.2 Å². The first kappa shape index (κ1) is 16.5. The summed E-state index contributed by atoms with van der Waals surface area (Å²) in [5.41, 5.74) is 2.41. The Balaban J connectivity index is 1.55. The molecule has 5 heteroatoms. The molecule has 0 saturated carbocycles. The van der Waals surface area contributed by atoms with Crippen LogP contribution in [-0.4, -0.2) is 19.1 Å². The first-order valence-electron chi connectivity index (χ1n) is 8.94. The summed E-state index contributed by atoms with van der Waals surface area (Å²) in [4.78, 5) is 15.0. The molecular weight excluding hydrogens is 334 g/mol. The van der Waals surface area contributed by atoms with Crippen LogP contribution in [0, 0.1) is 5.92 Å². The minimum absolute atomic E-state index is 0.0213. The van der Waals surface area contributed by atoms with Crippen molar-refractivity contribution in [2.24, 2.45) is 5.92 Å². The van der Waals surface area contributed by atoms with Crippen LogP contribution in [0.1, 0.15) is 52.0 Å². The van der Waals surface area contributed by atoms with Gasteiger partial charge < -0.3 is 14.8 Å². The largest absolute Gasteiger partial charge is 0.486 e. The monoisotopic (exact) mass is 357 g/mol. The van der Waals surface area contributed by atoms with Crippen LogP contribution in [0.25, 0.3) is 0 Å². The topological polar surface area (TPSA) is 47.6 Å². The van der Waals surface area contributed by atoms with E-state index in [0.717, 1.165) is 34.8 Å². The fourth-order valence-electron chi connectivity index (χ4n) is 3.54. The lowest BCUT2D eigenvalue weighted by atomic mass is 9.95. The highest BCUT2D eigenvalue weighted by atomic mass is 32.1. The molecule has 1 aliphatic carbocycles. The van der Waals surface area contributed by atoms with Crippen LogP contribution in [-0.2, 0) is 12.8 Å². The Kier molecular flexibility index (Phi) is 4.42. The molecule has 4 nitrogen and oxygen atoms in total. The molecule has 1 aromatic carbocycles. The maximum atomic E-state index is 12.8. The van der Waals surface area contributed by atoms with Gasteiger partial charge in [0, 0.05) is 4.88 Å². The number of carbonyl (C=O) groups excluding carboxylic acids is 1. The lowest BCUT2D eigenvalue weighted by Gasteiger charge is -2.25. The van der Waals surface area contributed by atoms with Crippen LogP contribution in [0.3, 0.4) is 0 Å². The van der Waals surface area contributed by atoms with Gasteiger partial charge >= 0.3 is 0 Å². The second-order valence-corrected chi connectivity index (χ2v) is 8.15. The van der Waals surface area contributed by atoms with E-state index in [-0.39, 0.29) is 17.9 Å². The van der Waals surface area contributed by atoms with Gasteiger partial charge in [0.25, 0.3) is 5.91 Å². The Morgan fingerprint density at radius 3 is 2.68 bits per heavy atom. The number of aryl methyl sites for hydroxylation is 2. The number of benzene rings is 1. The Morgan fingerprint density at radius 2 is 1.92 bits per heavy atom. The maximum absolute atomic E-state index is 12.8. The van der Waals surface area contributed by atoms with Crippen LogP contribution < -0.4 is 14.8 Å². The summed E-state index contributed by atoms with van der Waals surface area (Å²) in [6.07, 6.45) is 3.44. The van der Waals surface area contributed by atoms with E-state index < -0.39 is 0 Å². The predicted octanol–water partition coefficient (Wildman–Crippen LogP) is 4.14. The Morgan fingerprint density at radius 1 is 1.12 bits per heavy atom. The standard InChI is InChI=1S/C20H23NO3S/c1-12(2)19(14-6-7-15-16(10-14)24-9-8-23-15)21-20(22)18-11-13-4-3-5-17(13)25-18/h6-7,10-12,19H,3-5,8-9H2,1-2H3,(H,21,22)/t19-/m0/s1. The highest BCUT2D eigenvalue weighted by Crippen LogP contribution is 2.35. The maximum Gasteiger partial charge on any atom is 0.261 e. The van der Waals surface area contributed by atoms with Crippen molar-refractivity contribution in [1.82, 2.24) is 5.32 Å². The summed E-state index contributed by atoms with van der Waals surface area (Å²) in [7, 11) is 0. The number of thiophene rings is 1. The number of hydrogen-bond donors (Lipinski definition) is 1. The van der Waals surface area contributed by atoms with Crippen LogP contribution in [0.5, 0.6) is 11.5 Å². The average Bonchev–Trinajstić information content (AvgIpc) is 3.20. The summed E-state index contributed by atoms with van der Waals surface area (Å²) in [5.74, 6) is 1.84. The Labute approximate surface area is 152 Å². The minimum atomic E-state index is -0.0553. The number of amides is 1. The molecule has 1 aliphatic heterocycles. The zero-order valence-corrected chi connectivity index (χ0v) is 15.4. The summed E-state index contributed by atoms with van der Waals surface area (Å²) >= 11 is 1.65. The fraction of sp³-hybridized carbons (Fsp3) is 0.450. The molecule has 0 saturated heterocycles. The highest BCUT2D eigenvalue weighted by molar-refractivity contribution is 7.14. The summed E-state index contributed by atoms with van der Waals surface area (Å²) in [6.45, 7) is 5.39. The van der Waals surface area contributed by atoms with E-state index in [2.05, 4.69) is 25.2 Å². The molecule has 0 spiro atoms. The number of fused-ring (bicyclic) bond motifs is 2. The number of carbonyl (C=O) groups is 1. The molecular formula is C20H23NO3S. The van der Waals surface area contributed by atoms with E-state index in [1.807, 2.05) is 18.2 Å². The number of rotatable bonds is 4. The van der Waals surface area contributed by atoms with Gasteiger partial charge in [-0.25, -0.2) is 0 Å². The highest BCUT2D eigenvalue weighted by Gasteiger charge is 2.24. The van der Waals surface area contributed by atoms with Gasteiger partial charge in [-0.3, -0.25) is 4.79 Å². The average molecular weight is 357 g/mol. The number of nitrogens with one attached hydrogen (secondary N) is 1. The van der Waals surface area contributed by atoms with Gasteiger partial charge in [0.05, 0.1) is 10.9 Å². The van der Waals surface area contributed by atoms with Gasteiger partial charge in [0.1, 0.15) is 13.2 Å².